The van der Waals surface area contributed by atoms with Gasteiger partial charge in [0, 0.05) is 0 Å². The van der Waals surface area contributed by atoms with Gasteiger partial charge < -0.3 is 5.11 Å². The minimum Gasteiger partial charge on any atom is -0.481 e. The Morgan fingerprint density at radius 3 is 2.64 bits per heavy atom. The molecule has 120 valence electrons. The summed E-state index contributed by atoms with van der Waals surface area (Å²) in [7, 11) is 0. The summed E-state index contributed by atoms with van der Waals surface area (Å²) < 4.78 is 0. The van der Waals surface area contributed by atoms with Gasteiger partial charge in [-0.05, 0) is 66.5 Å². The molecule has 0 saturated heterocycles. The smallest absolute Gasteiger partial charge is 0.309 e. The summed E-state index contributed by atoms with van der Waals surface area (Å²) in [5.74, 6) is 0.195. The van der Waals surface area contributed by atoms with Gasteiger partial charge in [0.25, 0.3) is 0 Å². The first-order valence-corrected chi connectivity index (χ1v) is 8.66. The molecule has 1 fully saturated rings. The second kappa shape index (κ2) is 5.11. The minimum absolute atomic E-state index is 0.0223. The van der Waals surface area contributed by atoms with Gasteiger partial charge in [-0.15, -0.1) is 0 Å². The molecule has 2 aliphatic rings. The average molecular weight is 300 g/mol. The zero-order chi connectivity index (χ0) is 16.1. The Balaban J connectivity index is 2.08. The Kier molecular flexibility index (Phi) is 3.62. The lowest BCUT2D eigenvalue weighted by Crippen LogP contribution is -2.52. The fraction of sp³-hybridized carbons (Fsp3) is 0.650. The maximum absolute atomic E-state index is 11.9. The maximum Gasteiger partial charge on any atom is 0.309 e. The van der Waals surface area contributed by atoms with Crippen molar-refractivity contribution in [3.05, 3.63) is 34.9 Å². The lowest BCUT2D eigenvalue weighted by molar-refractivity contribution is -0.157. The van der Waals surface area contributed by atoms with Crippen molar-refractivity contribution in [3.63, 3.8) is 0 Å². The maximum atomic E-state index is 11.9. The monoisotopic (exact) mass is 300 g/mol. The predicted molar refractivity (Wildman–Crippen MR) is 89.3 cm³/mol. The quantitative estimate of drug-likeness (QED) is 0.843. The molecule has 0 heterocycles. The third-order valence-electron chi connectivity index (χ3n) is 6.53. The number of aliphatic carboxylic acids is 1. The molecule has 0 radical (unpaired) electrons. The van der Waals surface area contributed by atoms with Gasteiger partial charge in [-0.2, -0.15) is 0 Å². The van der Waals surface area contributed by atoms with E-state index in [1.165, 1.54) is 16.7 Å². The lowest BCUT2D eigenvalue weighted by atomic mass is 9.50. The normalized spacial score (nSPS) is 34.1. The molecule has 1 N–H and O–H groups in total. The van der Waals surface area contributed by atoms with Crippen molar-refractivity contribution in [2.75, 3.05) is 0 Å². The molecule has 0 spiro atoms. The van der Waals surface area contributed by atoms with E-state index in [9.17, 15) is 9.90 Å². The van der Waals surface area contributed by atoms with Gasteiger partial charge >= 0.3 is 5.97 Å². The van der Waals surface area contributed by atoms with Crippen LogP contribution in [0, 0.1) is 11.3 Å². The van der Waals surface area contributed by atoms with Gasteiger partial charge in [-0.25, -0.2) is 0 Å². The SMILES string of the molecule is CC(C)c1ccc2c(c1)CC[C@@H]1[C@](C)(C(=O)O)CCC[C@]21C. The third-order valence-corrected chi connectivity index (χ3v) is 6.53. The molecule has 1 aromatic rings. The van der Waals surface area contributed by atoms with Crippen LogP contribution in [0.15, 0.2) is 18.2 Å². The predicted octanol–water partition coefficient (Wildman–Crippen LogP) is 4.90. The summed E-state index contributed by atoms with van der Waals surface area (Å²) in [5.41, 5.74) is 3.73. The summed E-state index contributed by atoms with van der Waals surface area (Å²) in [4.78, 5) is 11.9. The second-order valence-electron chi connectivity index (χ2n) is 8.16. The van der Waals surface area contributed by atoms with Crippen LogP contribution >= 0.6 is 0 Å². The molecule has 22 heavy (non-hydrogen) atoms. The van der Waals surface area contributed by atoms with Gasteiger partial charge in [0.1, 0.15) is 0 Å². The van der Waals surface area contributed by atoms with E-state index in [0.29, 0.717) is 5.92 Å². The van der Waals surface area contributed by atoms with Crippen molar-refractivity contribution >= 4 is 5.97 Å². The van der Waals surface area contributed by atoms with Crippen molar-refractivity contribution in [2.45, 2.75) is 71.1 Å². The van der Waals surface area contributed by atoms with E-state index in [-0.39, 0.29) is 11.3 Å². The van der Waals surface area contributed by atoms with E-state index >= 15 is 0 Å². The number of fused-ring (bicyclic) bond motifs is 3. The van der Waals surface area contributed by atoms with Crippen LogP contribution < -0.4 is 0 Å². The van der Waals surface area contributed by atoms with Gasteiger partial charge in [-0.1, -0.05) is 45.4 Å². The van der Waals surface area contributed by atoms with Crippen LogP contribution in [0.2, 0.25) is 0 Å². The van der Waals surface area contributed by atoms with Crippen LogP contribution in [-0.4, -0.2) is 11.1 Å². The van der Waals surface area contributed by atoms with Gasteiger partial charge in [-0.3, -0.25) is 4.79 Å². The average Bonchev–Trinajstić information content (AvgIpc) is 2.46. The van der Waals surface area contributed by atoms with E-state index in [0.717, 1.165) is 32.1 Å². The number of carbonyl (C=O) groups is 1. The van der Waals surface area contributed by atoms with Gasteiger partial charge in [0.05, 0.1) is 5.41 Å². The number of carboxylic acid groups (broad SMARTS) is 1. The Hall–Kier alpha value is -1.31. The van der Waals surface area contributed by atoms with Crippen LogP contribution in [0.25, 0.3) is 0 Å². The first-order valence-electron chi connectivity index (χ1n) is 8.66. The van der Waals surface area contributed by atoms with E-state index in [2.05, 4.69) is 39.0 Å². The standard InChI is InChI=1S/C20H28O2/c1-13(2)14-6-8-16-15(12-14)7-9-17-19(16,3)10-5-11-20(17,4)18(21)22/h6,8,12-13,17H,5,7,9-11H2,1-4H3,(H,21,22)/t17-,19+,20+/m0/s1. The summed E-state index contributed by atoms with van der Waals surface area (Å²) >= 11 is 0. The zero-order valence-electron chi connectivity index (χ0n) is 14.3. The molecule has 2 heteroatoms. The van der Waals surface area contributed by atoms with Crippen LogP contribution in [0.3, 0.4) is 0 Å². The van der Waals surface area contributed by atoms with E-state index in [1.807, 2.05) is 6.92 Å². The highest BCUT2D eigenvalue weighted by Crippen LogP contribution is 2.57. The van der Waals surface area contributed by atoms with E-state index in [1.54, 1.807) is 0 Å². The van der Waals surface area contributed by atoms with Crippen molar-refractivity contribution in [1.82, 2.24) is 0 Å². The summed E-state index contributed by atoms with van der Waals surface area (Å²) in [6.45, 7) is 8.75. The third kappa shape index (κ3) is 2.11. The van der Waals surface area contributed by atoms with Crippen LogP contribution in [0.4, 0.5) is 0 Å². The van der Waals surface area contributed by atoms with Gasteiger partial charge in [0.15, 0.2) is 0 Å². The number of aryl methyl sites for hydroxylation is 1. The van der Waals surface area contributed by atoms with Crippen LogP contribution in [0.5, 0.6) is 0 Å². The largest absolute Gasteiger partial charge is 0.481 e. The highest BCUT2D eigenvalue weighted by atomic mass is 16.4. The number of hydrogen-bond donors (Lipinski definition) is 1. The summed E-state index contributed by atoms with van der Waals surface area (Å²) in [6.07, 6.45) is 4.99. The van der Waals surface area contributed by atoms with Crippen molar-refractivity contribution in [2.24, 2.45) is 11.3 Å². The molecule has 0 aliphatic heterocycles. The molecule has 2 nitrogen and oxygen atoms in total. The molecule has 3 rings (SSSR count). The Morgan fingerprint density at radius 1 is 1.27 bits per heavy atom. The van der Waals surface area contributed by atoms with Crippen molar-refractivity contribution < 1.29 is 9.90 Å². The highest BCUT2D eigenvalue weighted by Gasteiger charge is 2.55. The van der Waals surface area contributed by atoms with Crippen molar-refractivity contribution in [1.29, 1.82) is 0 Å². The molecule has 0 amide bonds. The van der Waals surface area contributed by atoms with Gasteiger partial charge in [0.2, 0.25) is 0 Å². The molecule has 0 unspecified atom stereocenters. The fourth-order valence-electron chi connectivity index (χ4n) is 5.13. The van der Waals surface area contributed by atoms with E-state index in [4.69, 9.17) is 0 Å². The highest BCUT2D eigenvalue weighted by molar-refractivity contribution is 5.75. The number of benzene rings is 1. The first-order chi connectivity index (χ1) is 10.3. The first kappa shape index (κ1) is 15.6. The summed E-state index contributed by atoms with van der Waals surface area (Å²) in [6, 6.07) is 6.92. The van der Waals surface area contributed by atoms with Crippen molar-refractivity contribution in [3.8, 4) is 0 Å². The minimum atomic E-state index is -0.606. The van der Waals surface area contributed by atoms with E-state index < -0.39 is 11.4 Å². The molecule has 3 atom stereocenters. The number of hydrogen-bond acceptors (Lipinski definition) is 1. The fourth-order valence-corrected chi connectivity index (χ4v) is 5.13. The number of rotatable bonds is 2. The van der Waals surface area contributed by atoms with Crippen LogP contribution in [-0.2, 0) is 16.6 Å². The number of carboxylic acids is 1. The molecule has 0 aromatic heterocycles. The molecular formula is C20H28O2. The zero-order valence-corrected chi connectivity index (χ0v) is 14.3. The van der Waals surface area contributed by atoms with Crippen LogP contribution in [0.1, 0.15) is 76.0 Å². The molecule has 1 aromatic carbocycles. The second-order valence-corrected chi connectivity index (χ2v) is 8.16. The Bertz CT molecular complexity index is 604. The molecule has 0 bridgehead atoms. The molecule has 1 saturated carbocycles. The summed E-state index contributed by atoms with van der Waals surface area (Å²) in [5, 5.41) is 9.82. The molecular weight excluding hydrogens is 272 g/mol. The molecule has 2 aliphatic carbocycles. The topological polar surface area (TPSA) is 37.3 Å². The Morgan fingerprint density at radius 2 is 2.00 bits per heavy atom. The lowest BCUT2D eigenvalue weighted by Gasteiger charge is -2.53. The Labute approximate surface area is 133 Å².